The van der Waals surface area contributed by atoms with E-state index < -0.39 is 23.6 Å². The van der Waals surface area contributed by atoms with Gasteiger partial charge in [0.25, 0.3) is 5.91 Å². The van der Waals surface area contributed by atoms with E-state index in [-0.39, 0.29) is 64.5 Å². The minimum Gasteiger partial charge on any atom is -0.507 e. The van der Waals surface area contributed by atoms with E-state index >= 15 is 4.39 Å². The molecule has 6 rings (SSSR count). The molecule has 0 radical (unpaired) electrons. The molecule has 1 spiro atoms. The number of nitrogens with zero attached hydrogens (tertiary/aromatic N) is 4. The summed E-state index contributed by atoms with van der Waals surface area (Å²) in [6, 6.07) is 3.51. The third-order valence-electron chi connectivity index (χ3n) is 8.28. The molecule has 10 nitrogen and oxygen atoms in total. The number of hydrogen-bond acceptors (Lipinski definition) is 8. The van der Waals surface area contributed by atoms with Crippen LogP contribution in [0.3, 0.4) is 0 Å². The Morgan fingerprint density at radius 1 is 1.22 bits per heavy atom. The van der Waals surface area contributed by atoms with Crippen LogP contribution in [0.5, 0.6) is 11.5 Å². The lowest BCUT2D eigenvalue weighted by molar-refractivity contribution is 0.000869. The lowest BCUT2D eigenvalue weighted by atomic mass is 9.75. The monoisotopic (exact) mass is 588 g/mol. The van der Waals surface area contributed by atoms with Crippen LogP contribution in [-0.4, -0.2) is 95.1 Å². The number of hydrogen-bond donors (Lipinski definition) is 1. The first-order valence-corrected chi connectivity index (χ1v) is 14.4. The maximum absolute atomic E-state index is 15.1. The highest BCUT2D eigenvalue weighted by Crippen LogP contribution is 2.49. The Kier molecular flexibility index (Phi) is 6.93. The molecule has 1 aliphatic carbocycles. The van der Waals surface area contributed by atoms with Crippen LogP contribution < -0.4 is 9.64 Å². The minimum absolute atomic E-state index is 0.0000328. The summed E-state index contributed by atoms with van der Waals surface area (Å²) in [5, 5.41) is 10.6. The Morgan fingerprint density at radius 2 is 2.00 bits per heavy atom. The van der Waals surface area contributed by atoms with Crippen molar-refractivity contribution in [2.75, 3.05) is 50.9 Å². The van der Waals surface area contributed by atoms with Crippen LogP contribution in [0.25, 0.3) is 11.3 Å². The number of aromatic hydroxyl groups is 1. The maximum Gasteiger partial charge on any atom is 0.410 e. The average molecular weight is 589 g/mol. The molecule has 1 aromatic heterocycles. The van der Waals surface area contributed by atoms with Gasteiger partial charge in [0, 0.05) is 26.2 Å². The minimum atomic E-state index is -0.698. The van der Waals surface area contributed by atoms with E-state index in [1.54, 1.807) is 30.6 Å². The Labute approximate surface area is 242 Å². The molecule has 4 heterocycles. The Balaban J connectivity index is 1.45. The van der Waals surface area contributed by atoms with Crippen molar-refractivity contribution < 1.29 is 33.3 Å². The van der Waals surface area contributed by atoms with Crippen molar-refractivity contribution in [1.82, 2.24) is 14.8 Å². The number of phenolic OH excluding ortho intramolecular Hbond substituents is 1. The highest BCUT2D eigenvalue weighted by atomic mass is 35.5. The molecule has 3 aliphatic heterocycles. The number of carbonyl (C=O) groups is 2. The van der Waals surface area contributed by atoms with Gasteiger partial charge >= 0.3 is 6.09 Å². The fraction of sp³-hybridized carbons (Fsp3) is 0.552. The largest absolute Gasteiger partial charge is 0.507 e. The van der Waals surface area contributed by atoms with Gasteiger partial charge in [0.15, 0.2) is 5.75 Å². The van der Waals surface area contributed by atoms with Crippen LogP contribution in [0.4, 0.5) is 15.0 Å². The van der Waals surface area contributed by atoms with Gasteiger partial charge in [-0.25, -0.2) is 14.2 Å². The molecule has 2 amide bonds. The summed E-state index contributed by atoms with van der Waals surface area (Å²) < 4.78 is 32.8. The van der Waals surface area contributed by atoms with Gasteiger partial charge in [0.1, 0.15) is 45.9 Å². The summed E-state index contributed by atoms with van der Waals surface area (Å²) in [5.74, 6) is -0.906. The molecule has 12 heteroatoms. The van der Waals surface area contributed by atoms with Gasteiger partial charge in [0.2, 0.25) is 0 Å². The number of ether oxygens (including phenoxy) is 3. The summed E-state index contributed by atoms with van der Waals surface area (Å²) in [6.45, 7) is 7.65. The number of anilines is 1. The van der Waals surface area contributed by atoms with Gasteiger partial charge in [-0.1, -0.05) is 17.7 Å². The third-order valence-corrected chi connectivity index (χ3v) is 8.63. The molecule has 1 aromatic carbocycles. The highest BCUT2D eigenvalue weighted by Gasteiger charge is 2.49. The molecule has 3 fully saturated rings. The van der Waals surface area contributed by atoms with Crippen molar-refractivity contribution in [2.45, 2.75) is 57.2 Å². The number of halogens is 2. The number of morpholine rings is 1. The quantitative estimate of drug-likeness (QED) is 0.548. The number of amides is 2. The predicted molar refractivity (Wildman–Crippen MR) is 149 cm³/mol. The van der Waals surface area contributed by atoms with Crippen LogP contribution >= 0.6 is 11.6 Å². The maximum atomic E-state index is 15.1. The molecule has 41 heavy (non-hydrogen) atoms. The number of piperazine rings is 1. The summed E-state index contributed by atoms with van der Waals surface area (Å²) in [6.07, 6.45) is 2.27. The number of rotatable bonds is 2. The first-order chi connectivity index (χ1) is 19.5. The number of phenols is 1. The molecule has 0 unspecified atom stereocenters. The van der Waals surface area contributed by atoms with Crippen molar-refractivity contribution in [3.05, 3.63) is 34.6 Å². The van der Waals surface area contributed by atoms with E-state index in [1.807, 2.05) is 0 Å². The van der Waals surface area contributed by atoms with Gasteiger partial charge < -0.3 is 34.0 Å². The van der Waals surface area contributed by atoms with E-state index in [4.69, 9.17) is 30.8 Å². The first kappa shape index (κ1) is 27.8. The summed E-state index contributed by atoms with van der Waals surface area (Å²) in [4.78, 5) is 37.3. The predicted octanol–water partition coefficient (Wildman–Crippen LogP) is 4.46. The van der Waals surface area contributed by atoms with Gasteiger partial charge in [0.05, 0.1) is 30.4 Å². The fourth-order valence-corrected chi connectivity index (χ4v) is 6.40. The van der Waals surface area contributed by atoms with Gasteiger partial charge in [-0.2, -0.15) is 0 Å². The first-order valence-electron chi connectivity index (χ1n) is 14.0. The lowest BCUT2D eigenvalue weighted by Crippen LogP contribution is -2.62. The molecule has 4 aliphatic rings. The number of carbonyl (C=O) groups excluding carboxylic acids is 2. The number of fused-ring (bicyclic) bond motifs is 2. The van der Waals surface area contributed by atoms with Crippen LogP contribution in [0.2, 0.25) is 5.02 Å². The smallest absolute Gasteiger partial charge is 0.410 e. The zero-order chi connectivity index (χ0) is 29.1. The zero-order valence-electron chi connectivity index (χ0n) is 23.4. The molecule has 2 aromatic rings. The summed E-state index contributed by atoms with van der Waals surface area (Å²) in [5.41, 5.74) is -0.955. The van der Waals surface area contributed by atoms with Crippen molar-refractivity contribution >= 4 is 29.4 Å². The number of pyridine rings is 1. The second-order valence-electron chi connectivity index (χ2n) is 12.1. The Morgan fingerprint density at radius 3 is 2.68 bits per heavy atom. The SMILES string of the molecule is CC(C)(C)OC(=O)N1CCN2C(=O)c3c(N4CCOCC45CCC5)nc(-c4c(O)cccc4F)c(Cl)c3OC[C@H]2C1. The Bertz CT molecular complexity index is 1370. The van der Waals surface area contributed by atoms with E-state index in [0.717, 1.165) is 19.3 Å². The van der Waals surface area contributed by atoms with E-state index in [0.29, 0.717) is 32.1 Å². The van der Waals surface area contributed by atoms with Crippen LogP contribution in [0.15, 0.2) is 18.2 Å². The molecule has 0 bridgehead atoms. The molecule has 1 atom stereocenters. The molecule has 1 saturated carbocycles. The summed E-state index contributed by atoms with van der Waals surface area (Å²) in [7, 11) is 0. The van der Waals surface area contributed by atoms with Gasteiger partial charge in [-0.05, 0) is 52.2 Å². The summed E-state index contributed by atoms with van der Waals surface area (Å²) >= 11 is 6.86. The lowest BCUT2D eigenvalue weighted by Gasteiger charge is -2.53. The second kappa shape index (κ2) is 10.2. The third kappa shape index (κ3) is 4.82. The van der Waals surface area contributed by atoms with Crippen LogP contribution in [0, 0.1) is 5.82 Å². The average Bonchev–Trinajstić information content (AvgIpc) is 3.04. The van der Waals surface area contributed by atoms with E-state index in [1.165, 1.54) is 18.2 Å². The van der Waals surface area contributed by atoms with E-state index in [2.05, 4.69) is 4.90 Å². The molecule has 2 saturated heterocycles. The standard InChI is InChI=1S/C29H34ClFN4O6/c1-28(2,3)41-27(38)33-10-11-34-17(14-33)15-40-24-21(26(34)37)25(35-12-13-39-16-29(35)8-5-9-29)32-23(22(24)30)20-18(31)6-4-7-19(20)36/h4,6-7,17,36H,5,8-16H2,1-3H3/t17-/m1/s1. The molecular formula is C29H34ClFN4O6. The van der Waals surface area contributed by atoms with Gasteiger partial charge in [-0.15, -0.1) is 0 Å². The normalized spacial score (nSPS) is 21.9. The fourth-order valence-electron chi connectivity index (χ4n) is 6.11. The Hall–Kier alpha value is -3.31. The van der Waals surface area contributed by atoms with Crippen molar-refractivity contribution in [3.8, 4) is 22.8 Å². The van der Waals surface area contributed by atoms with Crippen molar-refractivity contribution in [3.63, 3.8) is 0 Å². The zero-order valence-corrected chi connectivity index (χ0v) is 24.2. The van der Waals surface area contributed by atoms with Crippen LogP contribution in [-0.2, 0) is 9.47 Å². The molecule has 1 N–H and O–H groups in total. The highest BCUT2D eigenvalue weighted by molar-refractivity contribution is 6.35. The van der Waals surface area contributed by atoms with Crippen LogP contribution in [0.1, 0.15) is 50.4 Å². The number of aromatic nitrogens is 1. The molecular weight excluding hydrogens is 555 g/mol. The van der Waals surface area contributed by atoms with E-state index in [9.17, 15) is 14.7 Å². The van der Waals surface area contributed by atoms with Gasteiger partial charge in [-0.3, -0.25) is 4.79 Å². The topological polar surface area (TPSA) is 105 Å². The van der Waals surface area contributed by atoms with Crippen molar-refractivity contribution in [1.29, 1.82) is 0 Å². The molecule has 220 valence electrons. The number of benzene rings is 1. The second-order valence-corrected chi connectivity index (χ2v) is 12.5. The van der Waals surface area contributed by atoms with Crippen molar-refractivity contribution in [2.24, 2.45) is 0 Å².